The minimum absolute atomic E-state index is 0.00522. The number of nitrogens with zero attached hydrogens (tertiary/aromatic N) is 1. The van der Waals surface area contributed by atoms with Crippen molar-refractivity contribution in [3.05, 3.63) is 77.9 Å². The summed E-state index contributed by atoms with van der Waals surface area (Å²) in [4.78, 5) is 14.4. The van der Waals surface area contributed by atoms with Crippen LogP contribution < -0.4 is 5.32 Å². The van der Waals surface area contributed by atoms with Gasteiger partial charge in [0, 0.05) is 12.6 Å². The Morgan fingerprint density at radius 2 is 1.70 bits per heavy atom. The van der Waals surface area contributed by atoms with Gasteiger partial charge in [-0.2, -0.15) is 0 Å². The van der Waals surface area contributed by atoms with Crippen LogP contribution in [-0.2, 0) is 6.42 Å². The number of carbonyl (C=O) groups is 1. The van der Waals surface area contributed by atoms with Gasteiger partial charge in [-0.3, -0.25) is 0 Å². The molecule has 1 N–H and O–H groups in total. The first kappa shape index (κ1) is 17.5. The molecule has 0 bridgehead atoms. The molecule has 1 fully saturated rings. The molecule has 1 aliphatic rings. The normalized spacial score (nSPS) is 16.7. The van der Waals surface area contributed by atoms with Crippen LogP contribution in [0.5, 0.6) is 0 Å². The van der Waals surface area contributed by atoms with E-state index in [-0.39, 0.29) is 6.04 Å². The molecule has 0 aliphatic carbocycles. The maximum absolute atomic E-state index is 13.8. The van der Waals surface area contributed by atoms with Crippen LogP contribution in [0.4, 0.5) is 19.3 Å². The summed E-state index contributed by atoms with van der Waals surface area (Å²) in [5, 5.41) is 4.75. The number of nitrogens with one attached hydrogen (secondary N) is 1. The number of fused-ring (bicyclic) bond motifs is 1. The summed E-state index contributed by atoms with van der Waals surface area (Å²) in [6.07, 6.45) is 2.47. The van der Waals surface area contributed by atoms with E-state index in [1.807, 2.05) is 18.2 Å². The Bertz CT molecular complexity index is 963. The lowest BCUT2D eigenvalue weighted by Gasteiger charge is -2.25. The number of hydrogen-bond donors (Lipinski definition) is 1. The summed E-state index contributed by atoms with van der Waals surface area (Å²) < 4.78 is 27.7. The van der Waals surface area contributed by atoms with Crippen molar-refractivity contribution in [2.45, 2.75) is 25.3 Å². The summed E-state index contributed by atoms with van der Waals surface area (Å²) in [6, 6.07) is 17.4. The van der Waals surface area contributed by atoms with Crippen molar-refractivity contribution in [1.82, 2.24) is 4.90 Å². The summed E-state index contributed by atoms with van der Waals surface area (Å²) in [7, 11) is 0. The summed E-state index contributed by atoms with van der Waals surface area (Å²) >= 11 is 0. The fourth-order valence-electron chi connectivity index (χ4n) is 3.84. The van der Waals surface area contributed by atoms with Gasteiger partial charge in [0.1, 0.15) is 17.3 Å². The van der Waals surface area contributed by atoms with Crippen molar-refractivity contribution in [3.63, 3.8) is 0 Å². The maximum Gasteiger partial charge on any atom is 0.322 e. The zero-order valence-corrected chi connectivity index (χ0v) is 14.8. The van der Waals surface area contributed by atoms with Gasteiger partial charge in [0.2, 0.25) is 0 Å². The van der Waals surface area contributed by atoms with Crippen LogP contribution in [0.3, 0.4) is 0 Å². The van der Waals surface area contributed by atoms with Crippen molar-refractivity contribution in [1.29, 1.82) is 0 Å². The minimum atomic E-state index is -0.770. The number of halogens is 2. The molecule has 3 aromatic carbocycles. The molecule has 1 saturated heterocycles. The van der Waals surface area contributed by atoms with Crippen molar-refractivity contribution < 1.29 is 13.6 Å². The van der Waals surface area contributed by atoms with Crippen molar-refractivity contribution in [2.75, 3.05) is 11.9 Å². The molecule has 0 spiro atoms. The van der Waals surface area contributed by atoms with E-state index in [0.29, 0.717) is 13.0 Å². The first-order chi connectivity index (χ1) is 13.1. The highest BCUT2D eigenvalue weighted by atomic mass is 19.1. The number of anilines is 1. The summed E-state index contributed by atoms with van der Waals surface area (Å²) in [5.74, 6) is -1.54. The second-order valence-corrected chi connectivity index (χ2v) is 6.86. The Morgan fingerprint density at radius 1 is 1.00 bits per heavy atom. The van der Waals surface area contributed by atoms with Crippen LogP contribution in [0.1, 0.15) is 18.4 Å². The zero-order valence-electron chi connectivity index (χ0n) is 14.8. The average Bonchev–Trinajstić information content (AvgIpc) is 3.13. The Kier molecular flexibility index (Phi) is 4.75. The van der Waals surface area contributed by atoms with E-state index in [9.17, 15) is 13.6 Å². The third kappa shape index (κ3) is 3.50. The minimum Gasteiger partial charge on any atom is -0.321 e. The smallest absolute Gasteiger partial charge is 0.321 e. The lowest BCUT2D eigenvalue weighted by atomic mass is 9.98. The van der Waals surface area contributed by atoms with Gasteiger partial charge in [0.15, 0.2) is 0 Å². The van der Waals surface area contributed by atoms with E-state index in [0.717, 1.165) is 30.4 Å². The predicted octanol–water partition coefficient (Wildman–Crippen LogP) is 5.36. The third-order valence-electron chi connectivity index (χ3n) is 5.17. The summed E-state index contributed by atoms with van der Waals surface area (Å²) in [6.45, 7) is 0.581. The topological polar surface area (TPSA) is 32.3 Å². The number of amides is 2. The standard InChI is InChI=1S/C22H20F2N2O/c23-19-11-4-12-20(24)21(19)25-22(27)26-13-5-9-17(26)14-16-8-3-7-15-6-1-2-10-18(15)16/h1-4,6-8,10-12,17H,5,9,13-14H2,(H,25,27)/t17-/m0/s1. The fraction of sp³-hybridized carbons (Fsp3) is 0.227. The first-order valence-electron chi connectivity index (χ1n) is 9.12. The Hall–Kier alpha value is -2.95. The molecule has 5 heteroatoms. The molecule has 1 atom stereocenters. The van der Waals surface area contributed by atoms with Crippen LogP contribution in [0.15, 0.2) is 60.7 Å². The van der Waals surface area contributed by atoms with Crippen molar-refractivity contribution >= 4 is 22.5 Å². The van der Waals surface area contributed by atoms with E-state index < -0.39 is 23.4 Å². The number of rotatable bonds is 3. The van der Waals surface area contributed by atoms with Gasteiger partial charge in [-0.05, 0) is 47.7 Å². The number of hydrogen-bond acceptors (Lipinski definition) is 1. The van der Waals surface area contributed by atoms with E-state index >= 15 is 0 Å². The average molecular weight is 366 g/mol. The van der Waals surface area contributed by atoms with Gasteiger partial charge in [0.25, 0.3) is 0 Å². The van der Waals surface area contributed by atoms with Crippen LogP contribution >= 0.6 is 0 Å². The molecule has 27 heavy (non-hydrogen) atoms. The second kappa shape index (κ2) is 7.35. The molecule has 2 amide bonds. The lowest BCUT2D eigenvalue weighted by molar-refractivity contribution is 0.206. The highest BCUT2D eigenvalue weighted by molar-refractivity contribution is 5.90. The molecule has 4 rings (SSSR count). The zero-order chi connectivity index (χ0) is 18.8. The molecular weight excluding hydrogens is 346 g/mol. The molecule has 3 nitrogen and oxygen atoms in total. The Labute approximate surface area is 156 Å². The molecule has 0 saturated carbocycles. The molecule has 1 aliphatic heterocycles. The molecule has 0 aromatic heterocycles. The van der Waals surface area contributed by atoms with Gasteiger partial charge >= 0.3 is 6.03 Å². The quantitative estimate of drug-likeness (QED) is 0.665. The largest absolute Gasteiger partial charge is 0.322 e. The maximum atomic E-state index is 13.8. The third-order valence-corrected chi connectivity index (χ3v) is 5.17. The molecule has 1 heterocycles. The van der Waals surface area contributed by atoms with Gasteiger partial charge in [-0.15, -0.1) is 0 Å². The molecule has 0 unspecified atom stereocenters. The van der Waals surface area contributed by atoms with Gasteiger partial charge in [-0.25, -0.2) is 13.6 Å². The Balaban J connectivity index is 1.54. The number of likely N-dealkylation sites (tertiary alicyclic amines) is 1. The molecule has 3 aromatic rings. The highest BCUT2D eigenvalue weighted by Crippen LogP contribution is 2.27. The number of urea groups is 1. The van der Waals surface area contributed by atoms with Crippen LogP contribution in [-0.4, -0.2) is 23.5 Å². The van der Waals surface area contributed by atoms with Gasteiger partial charge < -0.3 is 10.2 Å². The van der Waals surface area contributed by atoms with Gasteiger partial charge in [-0.1, -0.05) is 48.5 Å². The van der Waals surface area contributed by atoms with Crippen molar-refractivity contribution in [3.8, 4) is 0 Å². The lowest BCUT2D eigenvalue weighted by Crippen LogP contribution is -2.40. The van der Waals surface area contributed by atoms with Crippen LogP contribution in [0.25, 0.3) is 10.8 Å². The van der Waals surface area contributed by atoms with E-state index in [1.54, 1.807) is 4.90 Å². The van der Waals surface area contributed by atoms with Gasteiger partial charge in [0.05, 0.1) is 0 Å². The Morgan fingerprint density at radius 3 is 2.52 bits per heavy atom. The first-order valence-corrected chi connectivity index (χ1v) is 9.12. The van der Waals surface area contributed by atoms with E-state index in [4.69, 9.17) is 0 Å². The van der Waals surface area contributed by atoms with Crippen molar-refractivity contribution in [2.24, 2.45) is 0 Å². The SMILES string of the molecule is O=C(Nc1c(F)cccc1F)N1CCC[C@H]1Cc1cccc2ccccc12. The van der Waals surface area contributed by atoms with E-state index in [1.165, 1.54) is 17.0 Å². The van der Waals surface area contributed by atoms with Crippen LogP contribution in [0, 0.1) is 11.6 Å². The monoisotopic (exact) mass is 366 g/mol. The number of benzene rings is 3. The predicted molar refractivity (Wildman–Crippen MR) is 103 cm³/mol. The second-order valence-electron chi connectivity index (χ2n) is 6.86. The van der Waals surface area contributed by atoms with E-state index in [2.05, 4.69) is 29.6 Å². The number of para-hydroxylation sites is 1. The van der Waals surface area contributed by atoms with Crippen LogP contribution in [0.2, 0.25) is 0 Å². The number of carbonyl (C=O) groups excluding carboxylic acids is 1. The fourth-order valence-corrected chi connectivity index (χ4v) is 3.84. The summed E-state index contributed by atoms with van der Waals surface area (Å²) in [5.41, 5.74) is 0.785. The molecular formula is C22H20F2N2O. The molecule has 138 valence electrons. The highest BCUT2D eigenvalue weighted by Gasteiger charge is 2.30. The molecule has 0 radical (unpaired) electrons.